The minimum absolute atomic E-state index is 0.0970. The van der Waals surface area contributed by atoms with Gasteiger partial charge in [-0.1, -0.05) is 24.3 Å². The molecule has 2 aromatic carbocycles. The molecule has 2 aromatic heterocycles. The van der Waals surface area contributed by atoms with Gasteiger partial charge < -0.3 is 16.4 Å². The van der Waals surface area contributed by atoms with Crippen molar-refractivity contribution >= 4 is 40.1 Å². The van der Waals surface area contributed by atoms with Gasteiger partial charge in [-0.15, -0.1) is 11.3 Å². The van der Waals surface area contributed by atoms with E-state index in [9.17, 15) is 4.79 Å². The van der Waals surface area contributed by atoms with Gasteiger partial charge in [-0.2, -0.15) is 0 Å². The lowest BCUT2D eigenvalue weighted by molar-refractivity contribution is 0.103. The molecule has 0 spiro atoms. The van der Waals surface area contributed by atoms with Crippen LogP contribution < -0.4 is 16.4 Å². The number of anilines is 4. The first-order valence-electron chi connectivity index (χ1n) is 8.71. The minimum atomic E-state index is -0.0970. The lowest BCUT2D eigenvalue weighted by Gasteiger charge is -2.09. The molecule has 2 heterocycles. The van der Waals surface area contributed by atoms with Crippen LogP contribution in [0.25, 0.3) is 11.1 Å². The summed E-state index contributed by atoms with van der Waals surface area (Å²) in [5, 5.41) is 8.05. The average molecular weight is 386 g/mol. The summed E-state index contributed by atoms with van der Waals surface area (Å²) in [5.41, 5.74) is 10.2. The molecule has 0 aliphatic heterocycles. The van der Waals surface area contributed by atoms with Crippen molar-refractivity contribution in [3.8, 4) is 11.1 Å². The number of carbonyl (C=O) groups is 1. The Morgan fingerprint density at radius 3 is 2.50 bits per heavy atom. The average Bonchev–Trinajstić information content (AvgIpc) is 3.24. The molecule has 1 amide bonds. The van der Waals surface area contributed by atoms with E-state index in [-0.39, 0.29) is 5.91 Å². The fraction of sp³-hybridized carbons (Fsp3) is 0. The third-order valence-corrected chi connectivity index (χ3v) is 5.01. The van der Waals surface area contributed by atoms with Crippen molar-refractivity contribution in [3.05, 3.63) is 89.3 Å². The maximum absolute atomic E-state index is 12.1. The van der Waals surface area contributed by atoms with Crippen molar-refractivity contribution in [2.75, 3.05) is 16.4 Å². The van der Waals surface area contributed by atoms with Crippen molar-refractivity contribution in [2.24, 2.45) is 0 Å². The Labute approximate surface area is 166 Å². The van der Waals surface area contributed by atoms with Crippen LogP contribution in [0.2, 0.25) is 0 Å². The van der Waals surface area contributed by atoms with Gasteiger partial charge in [0, 0.05) is 23.3 Å². The number of nitrogens with two attached hydrogens (primary N) is 1. The van der Waals surface area contributed by atoms with E-state index in [1.165, 1.54) is 11.3 Å². The van der Waals surface area contributed by atoms with Gasteiger partial charge in [-0.05, 0) is 65.0 Å². The maximum atomic E-state index is 12.1. The largest absolute Gasteiger partial charge is 0.399 e. The fourth-order valence-electron chi connectivity index (χ4n) is 2.79. The molecule has 0 saturated heterocycles. The summed E-state index contributed by atoms with van der Waals surface area (Å²) in [4.78, 5) is 17.2. The van der Waals surface area contributed by atoms with Crippen LogP contribution in [0, 0.1) is 0 Å². The van der Waals surface area contributed by atoms with Crippen LogP contribution in [-0.2, 0) is 0 Å². The molecule has 4 N–H and O–H groups in total. The second-order valence-corrected chi connectivity index (χ2v) is 7.14. The number of amides is 1. The second kappa shape index (κ2) is 7.94. The standard InChI is InChI=1S/C22H18N4OS/c23-17-3-1-4-19(14-17)25-21-13-16(10-11-24-21)15-6-8-18(9-7-15)26-22(27)20-5-2-12-28-20/h1-14H,23H2,(H,24,25)(H,26,27). The Kier molecular flexibility index (Phi) is 5.03. The van der Waals surface area contributed by atoms with Crippen LogP contribution in [0.1, 0.15) is 9.67 Å². The van der Waals surface area contributed by atoms with Crippen LogP contribution in [-0.4, -0.2) is 10.9 Å². The van der Waals surface area contributed by atoms with Gasteiger partial charge in [-0.3, -0.25) is 4.79 Å². The van der Waals surface area contributed by atoms with E-state index >= 15 is 0 Å². The van der Waals surface area contributed by atoms with E-state index in [0.717, 1.165) is 28.3 Å². The highest BCUT2D eigenvalue weighted by Crippen LogP contribution is 2.25. The number of pyridine rings is 1. The first-order chi connectivity index (χ1) is 13.7. The van der Waals surface area contributed by atoms with Crippen LogP contribution in [0.5, 0.6) is 0 Å². The van der Waals surface area contributed by atoms with Crippen molar-refractivity contribution < 1.29 is 4.79 Å². The third kappa shape index (κ3) is 4.19. The van der Waals surface area contributed by atoms with E-state index in [1.54, 1.807) is 12.3 Å². The van der Waals surface area contributed by atoms with Gasteiger partial charge in [0.25, 0.3) is 5.91 Å². The molecule has 0 fully saturated rings. The zero-order valence-electron chi connectivity index (χ0n) is 14.9. The molecule has 0 saturated carbocycles. The van der Waals surface area contributed by atoms with Crippen LogP contribution in [0.4, 0.5) is 22.9 Å². The number of hydrogen-bond donors (Lipinski definition) is 3. The van der Waals surface area contributed by atoms with Crippen molar-refractivity contribution in [3.63, 3.8) is 0 Å². The Morgan fingerprint density at radius 1 is 0.893 bits per heavy atom. The second-order valence-electron chi connectivity index (χ2n) is 6.19. The lowest BCUT2D eigenvalue weighted by atomic mass is 10.1. The van der Waals surface area contributed by atoms with Crippen molar-refractivity contribution in [1.29, 1.82) is 0 Å². The number of thiophene rings is 1. The SMILES string of the molecule is Nc1cccc(Nc2cc(-c3ccc(NC(=O)c4cccs4)cc3)ccn2)c1. The summed E-state index contributed by atoms with van der Waals surface area (Å²) in [5.74, 6) is 0.637. The van der Waals surface area contributed by atoms with Crippen molar-refractivity contribution in [1.82, 2.24) is 4.98 Å². The number of carbonyl (C=O) groups excluding carboxylic acids is 1. The molecule has 4 aromatic rings. The summed E-state index contributed by atoms with van der Waals surface area (Å²) < 4.78 is 0. The first-order valence-corrected chi connectivity index (χ1v) is 9.59. The fourth-order valence-corrected chi connectivity index (χ4v) is 3.41. The molecule has 0 unspecified atom stereocenters. The molecule has 4 rings (SSSR count). The number of aromatic nitrogens is 1. The molecule has 138 valence electrons. The van der Waals surface area contributed by atoms with Gasteiger partial charge in [0.05, 0.1) is 4.88 Å². The summed E-state index contributed by atoms with van der Waals surface area (Å²) >= 11 is 1.42. The molecule has 28 heavy (non-hydrogen) atoms. The van der Waals surface area contributed by atoms with E-state index in [0.29, 0.717) is 10.6 Å². The Hall–Kier alpha value is -3.64. The smallest absolute Gasteiger partial charge is 0.265 e. The molecule has 0 bridgehead atoms. The molecular weight excluding hydrogens is 368 g/mol. The zero-order chi connectivity index (χ0) is 19.3. The third-order valence-electron chi connectivity index (χ3n) is 4.14. The number of nitrogens with one attached hydrogen (secondary N) is 2. The van der Waals surface area contributed by atoms with Gasteiger partial charge >= 0.3 is 0 Å². The predicted molar refractivity (Wildman–Crippen MR) is 116 cm³/mol. The van der Waals surface area contributed by atoms with Crippen LogP contribution in [0.15, 0.2) is 84.4 Å². The lowest BCUT2D eigenvalue weighted by Crippen LogP contribution is -2.09. The van der Waals surface area contributed by atoms with Gasteiger partial charge in [0.15, 0.2) is 0 Å². The zero-order valence-corrected chi connectivity index (χ0v) is 15.7. The molecule has 0 aliphatic carbocycles. The highest BCUT2D eigenvalue weighted by atomic mass is 32.1. The Balaban J connectivity index is 1.49. The monoisotopic (exact) mass is 386 g/mol. The predicted octanol–water partition coefficient (Wildman–Crippen LogP) is 5.39. The topological polar surface area (TPSA) is 80.0 Å². The summed E-state index contributed by atoms with van der Waals surface area (Å²) in [6, 6.07) is 22.9. The first kappa shape index (κ1) is 17.8. The minimum Gasteiger partial charge on any atom is -0.399 e. The summed E-state index contributed by atoms with van der Waals surface area (Å²) in [6.45, 7) is 0. The number of rotatable bonds is 5. The number of benzene rings is 2. The molecule has 6 heteroatoms. The molecule has 0 radical (unpaired) electrons. The molecule has 0 atom stereocenters. The van der Waals surface area contributed by atoms with Crippen LogP contribution >= 0.6 is 11.3 Å². The van der Waals surface area contributed by atoms with E-state index in [1.807, 2.05) is 72.1 Å². The molecule has 0 aliphatic rings. The quantitative estimate of drug-likeness (QED) is 0.402. The molecule has 5 nitrogen and oxygen atoms in total. The van der Waals surface area contributed by atoms with Gasteiger partial charge in [-0.25, -0.2) is 4.98 Å². The Bertz CT molecular complexity index is 1090. The van der Waals surface area contributed by atoms with E-state index < -0.39 is 0 Å². The van der Waals surface area contributed by atoms with Gasteiger partial charge in [0.1, 0.15) is 5.82 Å². The normalized spacial score (nSPS) is 10.4. The number of nitrogens with zero attached hydrogens (tertiary/aromatic N) is 1. The van der Waals surface area contributed by atoms with Crippen molar-refractivity contribution in [2.45, 2.75) is 0 Å². The molecular formula is C22H18N4OS. The highest BCUT2D eigenvalue weighted by Gasteiger charge is 2.07. The summed E-state index contributed by atoms with van der Waals surface area (Å²) in [7, 11) is 0. The summed E-state index contributed by atoms with van der Waals surface area (Å²) in [6.07, 6.45) is 1.76. The van der Waals surface area contributed by atoms with Crippen LogP contribution in [0.3, 0.4) is 0 Å². The van der Waals surface area contributed by atoms with E-state index in [4.69, 9.17) is 5.73 Å². The highest BCUT2D eigenvalue weighted by molar-refractivity contribution is 7.12. The van der Waals surface area contributed by atoms with E-state index in [2.05, 4.69) is 15.6 Å². The Morgan fingerprint density at radius 2 is 1.75 bits per heavy atom. The van der Waals surface area contributed by atoms with Gasteiger partial charge in [0.2, 0.25) is 0 Å². The number of hydrogen-bond acceptors (Lipinski definition) is 5. The maximum Gasteiger partial charge on any atom is 0.265 e. The number of nitrogen functional groups attached to an aromatic ring is 1.